The summed E-state index contributed by atoms with van der Waals surface area (Å²) >= 11 is 0. The Balaban J connectivity index is 1.02. The molecule has 0 unspecified atom stereocenters. The van der Waals surface area contributed by atoms with Gasteiger partial charge in [-0.25, -0.2) is 0 Å². The highest BCUT2D eigenvalue weighted by molar-refractivity contribution is 6.08. The average molecular weight is 853 g/mol. The molecule has 0 N–H and O–H groups in total. The molecular weight excluding hydrogens is 809 g/mol. The van der Waals surface area contributed by atoms with Crippen molar-refractivity contribution in [1.29, 1.82) is 0 Å². The molecule has 0 aromatic heterocycles. The molecule has 1 aliphatic heterocycles. The minimum Gasteiger partial charge on any atom is -0.310 e. The van der Waals surface area contributed by atoms with Gasteiger partial charge in [0.2, 0.25) is 0 Å². The maximum atomic E-state index is 2.51. The van der Waals surface area contributed by atoms with Crippen molar-refractivity contribution in [1.82, 2.24) is 0 Å². The van der Waals surface area contributed by atoms with Crippen LogP contribution in [0.1, 0.15) is 22.3 Å². The van der Waals surface area contributed by atoms with Crippen LogP contribution in [0.25, 0.3) is 55.3 Å². The normalized spacial score (nSPS) is 12.9. The SMILES string of the molecule is c1ccc(-c2ccc(N(c3ccccc3-c3ccccc3)c3ccc(-c4ccc5c(c4)C4(c6ccccc6-5)c5ccccc5N(c5ccccc5)c5ccccc54)c4ccccc34)cc2)cc1. The molecule has 0 amide bonds. The van der Waals surface area contributed by atoms with E-state index in [0.717, 1.165) is 22.7 Å². The number of hydrogen-bond donors (Lipinski definition) is 0. The van der Waals surface area contributed by atoms with Gasteiger partial charge in [-0.1, -0.05) is 212 Å². The van der Waals surface area contributed by atoms with Gasteiger partial charge in [0.15, 0.2) is 0 Å². The zero-order valence-corrected chi connectivity index (χ0v) is 36.8. The predicted octanol–water partition coefficient (Wildman–Crippen LogP) is 17.5. The van der Waals surface area contributed by atoms with E-state index >= 15 is 0 Å². The van der Waals surface area contributed by atoms with Crippen LogP contribution in [-0.2, 0) is 5.41 Å². The Kier molecular flexibility index (Phi) is 9.11. The fourth-order valence-electron chi connectivity index (χ4n) is 11.2. The van der Waals surface area contributed by atoms with Gasteiger partial charge in [0.05, 0.1) is 28.2 Å². The summed E-state index contributed by atoms with van der Waals surface area (Å²) in [7, 11) is 0. The first-order valence-electron chi connectivity index (χ1n) is 23.2. The van der Waals surface area contributed by atoms with E-state index in [1.807, 2.05) is 0 Å². The third kappa shape index (κ3) is 6.04. The summed E-state index contributed by atoms with van der Waals surface area (Å²) in [6.07, 6.45) is 0. The van der Waals surface area contributed by atoms with Crippen LogP contribution in [-0.4, -0.2) is 0 Å². The Labute approximate surface area is 391 Å². The zero-order valence-electron chi connectivity index (χ0n) is 36.8. The summed E-state index contributed by atoms with van der Waals surface area (Å²) in [6.45, 7) is 0. The van der Waals surface area contributed by atoms with E-state index in [1.54, 1.807) is 0 Å². The fraction of sp³-hybridized carbons (Fsp3) is 0.0154. The molecule has 1 spiro atoms. The number of nitrogens with zero attached hydrogens (tertiary/aromatic N) is 2. The van der Waals surface area contributed by atoms with Crippen molar-refractivity contribution in [2.24, 2.45) is 0 Å². The number of fused-ring (bicyclic) bond motifs is 10. The largest absolute Gasteiger partial charge is 0.310 e. The minimum absolute atomic E-state index is 0.542. The van der Waals surface area contributed by atoms with Crippen molar-refractivity contribution in [2.45, 2.75) is 5.41 Å². The number of hydrogen-bond acceptors (Lipinski definition) is 2. The number of rotatable bonds is 7. The van der Waals surface area contributed by atoms with Gasteiger partial charge >= 0.3 is 0 Å². The number of para-hydroxylation sites is 4. The zero-order chi connectivity index (χ0) is 44.3. The summed E-state index contributed by atoms with van der Waals surface area (Å²) in [6, 6.07) is 98.1. The van der Waals surface area contributed by atoms with E-state index in [9.17, 15) is 0 Å². The topological polar surface area (TPSA) is 6.48 Å². The van der Waals surface area contributed by atoms with Crippen LogP contribution >= 0.6 is 0 Å². The van der Waals surface area contributed by atoms with Gasteiger partial charge in [-0.15, -0.1) is 0 Å². The van der Waals surface area contributed by atoms with Gasteiger partial charge in [-0.2, -0.15) is 0 Å². The molecule has 314 valence electrons. The Morgan fingerprint density at radius 2 is 0.776 bits per heavy atom. The van der Waals surface area contributed by atoms with Gasteiger partial charge in [0.25, 0.3) is 0 Å². The number of anilines is 6. The third-order valence-electron chi connectivity index (χ3n) is 14.1. The molecule has 0 saturated carbocycles. The lowest BCUT2D eigenvalue weighted by Gasteiger charge is -2.45. The van der Waals surface area contributed by atoms with Gasteiger partial charge in [0.1, 0.15) is 0 Å². The summed E-state index contributed by atoms with van der Waals surface area (Å²) in [4.78, 5) is 4.90. The molecule has 0 fully saturated rings. The van der Waals surface area contributed by atoms with Crippen molar-refractivity contribution >= 4 is 44.9 Å². The molecule has 67 heavy (non-hydrogen) atoms. The molecule has 2 nitrogen and oxygen atoms in total. The minimum atomic E-state index is -0.542. The van der Waals surface area contributed by atoms with Crippen molar-refractivity contribution in [3.8, 4) is 44.5 Å². The van der Waals surface area contributed by atoms with Crippen LogP contribution < -0.4 is 9.80 Å². The Morgan fingerprint density at radius 1 is 0.284 bits per heavy atom. The van der Waals surface area contributed by atoms with Crippen LogP contribution in [0.5, 0.6) is 0 Å². The number of benzene rings is 11. The molecule has 0 bridgehead atoms. The lowest BCUT2D eigenvalue weighted by molar-refractivity contribution is 0.753. The van der Waals surface area contributed by atoms with Gasteiger partial charge < -0.3 is 9.80 Å². The van der Waals surface area contributed by atoms with E-state index < -0.39 is 5.41 Å². The Bertz CT molecular complexity index is 3590. The Hall–Kier alpha value is -8.72. The molecule has 2 aliphatic rings. The third-order valence-corrected chi connectivity index (χ3v) is 14.1. The van der Waals surface area contributed by atoms with Crippen LogP contribution in [0.15, 0.2) is 267 Å². The maximum absolute atomic E-state index is 2.51. The van der Waals surface area contributed by atoms with Crippen molar-refractivity contribution in [2.75, 3.05) is 9.80 Å². The summed E-state index contributed by atoms with van der Waals surface area (Å²) < 4.78 is 0. The molecule has 0 radical (unpaired) electrons. The Morgan fingerprint density at radius 3 is 1.48 bits per heavy atom. The first kappa shape index (κ1) is 38.7. The molecule has 11 aromatic rings. The van der Waals surface area contributed by atoms with Crippen molar-refractivity contribution in [3.63, 3.8) is 0 Å². The second-order valence-electron chi connectivity index (χ2n) is 17.6. The molecule has 1 heterocycles. The second kappa shape index (κ2) is 15.8. The van der Waals surface area contributed by atoms with Crippen LogP contribution in [0.2, 0.25) is 0 Å². The summed E-state index contributed by atoms with van der Waals surface area (Å²) in [5.41, 5.74) is 21.2. The molecular formula is C65H44N2. The van der Waals surface area contributed by atoms with Gasteiger partial charge in [-0.05, 0) is 121 Å². The summed E-state index contributed by atoms with van der Waals surface area (Å²) in [5.74, 6) is 0. The quantitative estimate of drug-likeness (QED) is 0.158. The van der Waals surface area contributed by atoms with Crippen LogP contribution in [0.4, 0.5) is 34.1 Å². The van der Waals surface area contributed by atoms with E-state index in [0.29, 0.717) is 0 Å². The van der Waals surface area contributed by atoms with E-state index in [2.05, 4.69) is 277 Å². The smallest absolute Gasteiger partial charge is 0.0754 e. The fourth-order valence-corrected chi connectivity index (χ4v) is 11.2. The average Bonchev–Trinajstić information content (AvgIpc) is 3.70. The molecule has 1 aliphatic carbocycles. The first-order valence-corrected chi connectivity index (χ1v) is 23.2. The summed E-state index contributed by atoms with van der Waals surface area (Å²) in [5, 5.41) is 2.38. The monoisotopic (exact) mass is 852 g/mol. The second-order valence-corrected chi connectivity index (χ2v) is 17.6. The van der Waals surface area contributed by atoms with E-state index in [4.69, 9.17) is 0 Å². The molecule has 2 heteroatoms. The lowest BCUT2D eigenvalue weighted by atomic mass is 9.64. The first-order chi connectivity index (χ1) is 33.3. The molecule has 13 rings (SSSR count). The highest BCUT2D eigenvalue weighted by Crippen LogP contribution is 2.64. The molecule has 11 aromatic carbocycles. The standard InChI is InChI=1S/C65H44N2/c1-4-20-45(21-5-1)46-36-39-50(40-37-46)66(61-33-17-13-26-52(61)47-22-6-2-7-23-47)62-43-42-51(53-27-10-11-29-56(53)62)48-38-41-55-54-28-12-14-30-57(54)65(60(55)44-48)58-31-15-18-34-63(58)67(49-24-8-3-9-25-49)64-35-19-16-32-59(64)65/h1-44H. The highest BCUT2D eigenvalue weighted by Gasteiger charge is 2.51. The highest BCUT2D eigenvalue weighted by atomic mass is 15.2. The van der Waals surface area contributed by atoms with Crippen LogP contribution in [0.3, 0.4) is 0 Å². The van der Waals surface area contributed by atoms with E-state index in [-0.39, 0.29) is 0 Å². The molecule has 0 atom stereocenters. The van der Waals surface area contributed by atoms with Gasteiger partial charge in [-0.3, -0.25) is 0 Å². The van der Waals surface area contributed by atoms with Crippen molar-refractivity contribution in [3.05, 3.63) is 289 Å². The molecule has 0 saturated heterocycles. The van der Waals surface area contributed by atoms with E-state index in [1.165, 1.54) is 88.9 Å². The van der Waals surface area contributed by atoms with Crippen LogP contribution in [0, 0.1) is 0 Å². The maximum Gasteiger partial charge on any atom is 0.0754 e. The predicted molar refractivity (Wildman–Crippen MR) is 280 cm³/mol. The lowest BCUT2D eigenvalue weighted by Crippen LogP contribution is -2.36. The van der Waals surface area contributed by atoms with Gasteiger partial charge in [0, 0.05) is 22.3 Å². The van der Waals surface area contributed by atoms with Crippen molar-refractivity contribution < 1.29 is 0 Å².